The summed E-state index contributed by atoms with van der Waals surface area (Å²) < 4.78 is 0. The maximum Gasteiger partial charge on any atom is 0.355 e. The third kappa shape index (κ3) is 1.62. The first-order valence-corrected chi connectivity index (χ1v) is 3.87. The van der Waals surface area contributed by atoms with Gasteiger partial charge in [0.15, 0.2) is 5.69 Å². The summed E-state index contributed by atoms with van der Waals surface area (Å²) in [6.45, 7) is 5.22. The predicted molar refractivity (Wildman–Crippen MR) is 50.7 cm³/mol. The number of carboxylic acids is 1. The third-order valence-corrected chi connectivity index (χ3v) is 1.79. The van der Waals surface area contributed by atoms with E-state index >= 15 is 0 Å². The van der Waals surface area contributed by atoms with E-state index in [0.717, 1.165) is 0 Å². The number of nitrogens with zero attached hydrogens (tertiary/aromatic N) is 2. The molecule has 1 aromatic rings. The Morgan fingerprint density at radius 2 is 2.43 bits per heavy atom. The number of carbonyl (C=O) groups is 1. The minimum absolute atomic E-state index is 0.102. The predicted octanol–water partition coefficient (Wildman–Crippen LogP) is 1.60. The maximum atomic E-state index is 10.8. The Hall–Kier alpha value is -2.15. The molecule has 1 aromatic heterocycles. The summed E-state index contributed by atoms with van der Waals surface area (Å²) in [4.78, 5) is 14.5. The fourth-order valence-electron chi connectivity index (χ4n) is 1.16. The molecule has 0 aliphatic heterocycles. The van der Waals surface area contributed by atoms with Crippen LogP contribution in [0.2, 0.25) is 0 Å². The van der Waals surface area contributed by atoms with Crippen molar-refractivity contribution in [3.63, 3.8) is 0 Å². The van der Waals surface area contributed by atoms with Gasteiger partial charge in [-0.15, -0.1) is 0 Å². The lowest BCUT2D eigenvalue weighted by atomic mass is 10.1. The van der Waals surface area contributed by atoms with E-state index in [1.807, 2.05) is 0 Å². The Kier molecular flexibility index (Phi) is 2.63. The van der Waals surface area contributed by atoms with Gasteiger partial charge in [0.2, 0.25) is 0 Å². The van der Waals surface area contributed by atoms with E-state index in [-0.39, 0.29) is 11.4 Å². The number of nitriles is 1. The highest BCUT2D eigenvalue weighted by atomic mass is 16.4. The van der Waals surface area contributed by atoms with Crippen LogP contribution in [0.15, 0.2) is 12.6 Å². The van der Waals surface area contributed by atoms with Gasteiger partial charge in [-0.3, -0.25) is 0 Å². The molecule has 0 radical (unpaired) electrons. The number of aromatic carboxylic acids is 1. The number of hydrogen-bond acceptors (Lipinski definition) is 3. The van der Waals surface area contributed by atoms with E-state index in [1.54, 1.807) is 13.0 Å². The van der Waals surface area contributed by atoms with Gasteiger partial charge < -0.3 is 5.11 Å². The molecule has 0 fully saturated rings. The third-order valence-electron chi connectivity index (χ3n) is 1.79. The zero-order chi connectivity index (χ0) is 10.7. The minimum Gasteiger partial charge on any atom is -0.476 e. The van der Waals surface area contributed by atoms with E-state index in [4.69, 9.17) is 10.4 Å². The Labute approximate surface area is 81.1 Å². The molecule has 0 saturated carbocycles. The molecule has 0 bridgehead atoms. The molecule has 4 nitrogen and oxygen atoms in total. The second-order valence-corrected chi connectivity index (χ2v) is 2.71. The molecule has 0 atom stereocenters. The number of aromatic nitrogens is 1. The zero-order valence-corrected chi connectivity index (χ0v) is 7.61. The first-order valence-electron chi connectivity index (χ1n) is 3.87. The molecule has 70 valence electrons. The fourth-order valence-corrected chi connectivity index (χ4v) is 1.16. The molecule has 4 heteroatoms. The van der Waals surface area contributed by atoms with Gasteiger partial charge in [0.05, 0.1) is 0 Å². The number of aryl methyl sites for hydroxylation is 1. The summed E-state index contributed by atoms with van der Waals surface area (Å²) in [5.74, 6) is -1.15. The first kappa shape index (κ1) is 9.93. The smallest absolute Gasteiger partial charge is 0.355 e. The summed E-state index contributed by atoms with van der Waals surface area (Å²) in [5, 5.41) is 17.4. The van der Waals surface area contributed by atoms with Gasteiger partial charge in [0.25, 0.3) is 0 Å². The van der Waals surface area contributed by atoms with Crippen LogP contribution in [0.1, 0.15) is 27.3 Å². The Morgan fingerprint density at radius 3 is 2.86 bits per heavy atom. The Morgan fingerprint density at radius 1 is 1.79 bits per heavy atom. The molecular formula is C10H8N2O2. The molecule has 0 aliphatic carbocycles. The van der Waals surface area contributed by atoms with Crippen LogP contribution in [0.5, 0.6) is 0 Å². The summed E-state index contributed by atoms with van der Waals surface area (Å²) in [7, 11) is 0. The van der Waals surface area contributed by atoms with Crippen molar-refractivity contribution in [2.45, 2.75) is 6.92 Å². The molecule has 1 N–H and O–H groups in total. The standard InChI is InChI=1S/C10H8N2O2/c1-3-8-6(2)4-7(5-11)12-9(8)10(13)14/h3-4H,1H2,2H3,(H,13,14). The first-order chi connectivity index (χ1) is 6.60. The number of rotatable bonds is 2. The van der Waals surface area contributed by atoms with Crippen LogP contribution >= 0.6 is 0 Å². The van der Waals surface area contributed by atoms with Crippen LogP contribution in [-0.4, -0.2) is 16.1 Å². The number of pyridine rings is 1. The lowest BCUT2D eigenvalue weighted by molar-refractivity contribution is 0.0690. The van der Waals surface area contributed by atoms with E-state index in [1.165, 1.54) is 12.1 Å². The van der Waals surface area contributed by atoms with E-state index in [0.29, 0.717) is 11.1 Å². The van der Waals surface area contributed by atoms with Gasteiger partial charge in [0.1, 0.15) is 11.8 Å². The molecule has 14 heavy (non-hydrogen) atoms. The average Bonchev–Trinajstić information content (AvgIpc) is 2.16. The van der Waals surface area contributed by atoms with E-state index < -0.39 is 5.97 Å². The highest BCUT2D eigenvalue weighted by Crippen LogP contribution is 2.15. The van der Waals surface area contributed by atoms with Crippen LogP contribution in [-0.2, 0) is 0 Å². The van der Waals surface area contributed by atoms with Crippen molar-refractivity contribution in [1.29, 1.82) is 5.26 Å². The summed E-state index contributed by atoms with van der Waals surface area (Å²) in [6, 6.07) is 3.34. The van der Waals surface area contributed by atoms with Crippen molar-refractivity contribution >= 4 is 12.0 Å². The second kappa shape index (κ2) is 3.71. The highest BCUT2D eigenvalue weighted by molar-refractivity contribution is 5.90. The average molecular weight is 188 g/mol. The topological polar surface area (TPSA) is 74.0 Å². The SMILES string of the molecule is C=Cc1c(C)cc(C#N)nc1C(=O)O. The molecule has 0 spiro atoms. The minimum atomic E-state index is -1.15. The summed E-state index contributed by atoms with van der Waals surface area (Å²) in [6.07, 6.45) is 1.42. The normalized spacial score (nSPS) is 9.14. The van der Waals surface area contributed by atoms with Gasteiger partial charge in [-0.1, -0.05) is 12.7 Å². The van der Waals surface area contributed by atoms with Crippen molar-refractivity contribution in [1.82, 2.24) is 4.98 Å². The van der Waals surface area contributed by atoms with Gasteiger partial charge in [-0.05, 0) is 18.6 Å². The lowest BCUT2D eigenvalue weighted by Gasteiger charge is -2.04. The van der Waals surface area contributed by atoms with Crippen molar-refractivity contribution in [3.05, 3.63) is 35.2 Å². The molecule has 0 aliphatic rings. The molecule has 0 aromatic carbocycles. The van der Waals surface area contributed by atoms with Crippen LogP contribution in [0.4, 0.5) is 0 Å². The van der Waals surface area contributed by atoms with Crippen molar-refractivity contribution in [3.8, 4) is 6.07 Å². The quantitative estimate of drug-likeness (QED) is 0.764. The van der Waals surface area contributed by atoms with Gasteiger partial charge in [-0.2, -0.15) is 5.26 Å². The van der Waals surface area contributed by atoms with E-state index in [2.05, 4.69) is 11.6 Å². The maximum absolute atomic E-state index is 10.8. The monoisotopic (exact) mass is 188 g/mol. The molecule has 0 saturated heterocycles. The zero-order valence-electron chi connectivity index (χ0n) is 7.61. The fraction of sp³-hybridized carbons (Fsp3) is 0.100. The Bertz CT molecular complexity index is 444. The molecular weight excluding hydrogens is 180 g/mol. The Balaban J connectivity index is 3.53. The van der Waals surface area contributed by atoms with Gasteiger partial charge in [-0.25, -0.2) is 9.78 Å². The molecule has 0 amide bonds. The van der Waals surface area contributed by atoms with Crippen molar-refractivity contribution in [2.75, 3.05) is 0 Å². The van der Waals surface area contributed by atoms with Crippen molar-refractivity contribution < 1.29 is 9.90 Å². The lowest BCUT2D eigenvalue weighted by Crippen LogP contribution is -2.06. The van der Waals surface area contributed by atoms with Crippen LogP contribution in [0.3, 0.4) is 0 Å². The largest absolute Gasteiger partial charge is 0.476 e. The number of hydrogen-bond donors (Lipinski definition) is 1. The van der Waals surface area contributed by atoms with Crippen molar-refractivity contribution in [2.24, 2.45) is 0 Å². The van der Waals surface area contributed by atoms with Gasteiger partial charge in [0, 0.05) is 5.56 Å². The van der Waals surface area contributed by atoms with E-state index in [9.17, 15) is 4.79 Å². The molecule has 1 heterocycles. The van der Waals surface area contributed by atoms with Crippen LogP contribution in [0, 0.1) is 18.3 Å². The molecule has 1 rings (SSSR count). The number of carboxylic acid groups (broad SMARTS) is 1. The summed E-state index contributed by atoms with van der Waals surface area (Å²) >= 11 is 0. The molecule has 0 unspecified atom stereocenters. The van der Waals surface area contributed by atoms with Gasteiger partial charge >= 0.3 is 5.97 Å². The van der Waals surface area contributed by atoms with Crippen LogP contribution < -0.4 is 0 Å². The van der Waals surface area contributed by atoms with Crippen LogP contribution in [0.25, 0.3) is 6.08 Å². The summed E-state index contributed by atoms with van der Waals surface area (Å²) in [5.41, 5.74) is 1.11. The second-order valence-electron chi connectivity index (χ2n) is 2.71. The highest BCUT2D eigenvalue weighted by Gasteiger charge is 2.13.